The monoisotopic (exact) mass is 544 g/mol. The Bertz CT molecular complexity index is 1300. The molecule has 3 aromatic rings. The molecule has 10 nitrogen and oxygen atoms in total. The van der Waals surface area contributed by atoms with Gasteiger partial charge in [0.2, 0.25) is 5.76 Å². The number of piperidine rings is 1. The second-order valence-electron chi connectivity index (χ2n) is 9.46. The molecule has 1 aromatic carbocycles. The van der Waals surface area contributed by atoms with Gasteiger partial charge in [0.05, 0.1) is 11.9 Å². The van der Waals surface area contributed by atoms with E-state index in [4.69, 9.17) is 9.52 Å². The number of alkyl halides is 3. The molecule has 0 bridgehead atoms. The van der Waals surface area contributed by atoms with Crippen molar-refractivity contribution in [1.29, 1.82) is 0 Å². The standard InChI is InChI=1S/C26H27F3N6O4/c27-26(28,29)22-21(39-24(32-22)34-10-8-18(9-11-34)17-4-2-1-3-5-17)23(36)31-19-6-7-20(30-16-19)33-12-14-35(15-13-33)25(37)38/h1-7,16,18H,8-15H2,(H,31,36)(H,37,38). The van der Waals surface area contributed by atoms with Gasteiger partial charge in [-0.25, -0.2) is 9.78 Å². The first-order chi connectivity index (χ1) is 18.7. The average Bonchev–Trinajstić information content (AvgIpc) is 3.41. The lowest BCUT2D eigenvalue weighted by molar-refractivity contribution is -0.141. The van der Waals surface area contributed by atoms with Crippen LogP contribution in [0.1, 0.15) is 40.6 Å². The third-order valence-electron chi connectivity index (χ3n) is 7.01. The van der Waals surface area contributed by atoms with E-state index in [1.54, 1.807) is 11.0 Å². The van der Waals surface area contributed by atoms with Crippen LogP contribution in [0, 0.1) is 0 Å². The number of halogens is 3. The molecule has 2 saturated heterocycles. The second kappa shape index (κ2) is 10.8. The fourth-order valence-electron chi connectivity index (χ4n) is 4.88. The van der Waals surface area contributed by atoms with Crippen molar-refractivity contribution < 1.29 is 32.3 Å². The van der Waals surface area contributed by atoms with E-state index in [1.807, 2.05) is 35.2 Å². The Morgan fingerprint density at radius 2 is 1.64 bits per heavy atom. The normalized spacial score (nSPS) is 16.8. The maximum Gasteiger partial charge on any atom is 0.437 e. The minimum absolute atomic E-state index is 0.183. The van der Waals surface area contributed by atoms with Gasteiger partial charge in [0, 0.05) is 39.3 Å². The van der Waals surface area contributed by atoms with E-state index in [-0.39, 0.29) is 11.7 Å². The van der Waals surface area contributed by atoms with Gasteiger partial charge in [-0.3, -0.25) is 4.79 Å². The lowest BCUT2D eigenvalue weighted by Crippen LogP contribution is -2.48. The summed E-state index contributed by atoms with van der Waals surface area (Å²) < 4.78 is 46.7. The quantitative estimate of drug-likeness (QED) is 0.482. The molecule has 0 spiro atoms. The molecule has 13 heteroatoms. The SMILES string of the molecule is O=C(Nc1ccc(N2CCN(C(=O)O)CC2)nc1)c1oc(N2CCC(c3ccccc3)CC2)nc1C(F)(F)F. The van der Waals surface area contributed by atoms with Crippen molar-refractivity contribution >= 4 is 29.5 Å². The summed E-state index contributed by atoms with van der Waals surface area (Å²) in [6, 6.07) is 12.8. The van der Waals surface area contributed by atoms with Gasteiger partial charge in [-0.1, -0.05) is 30.3 Å². The zero-order chi connectivity index (χ0) is 27.6. The highest BCUT2D eigenvalue weighted by Crippen LogP contribution is 2.36. The molecule has 2 aliphatic rings. The molecule has 0 atom stereocenters. The average molecular weight is 545 g/mol. The third kappa shape index (κ3) is 5.91. The van der Waals surface area contributed by atoms with E-state index in [9.17, 15) is 22.8 Å². The molecule has 2 N–H and O–H groups in total. The topological polar surface area (TPSA) is 115 Å². The van der Waals surface area contributed by atoms with Crippen LogP contribution in [0.2, 0.25) is 0 Å². The highest BCUT2D eigenvalue weighted by atomic mass is 19.4. The number of nitrogens with one attached hydrogen (secondary N) is 1. The van der Waals surface area contributed by atoms with Crippen LogP contribution in [-0.4, -0.2) is 71.2 Å². The Morgan fingerprint density at radius 3 is 2.23 bits per heavy atom. The van der Waals surface area contributed by atoms with E-state index >= 15 is 0 Å². The van der Waals surface area contributed by atoms with Crippen molar-refractivity contribution in [2.24, 2.45) is 0 Å². The Kier molecular flexibility index (Phi) is 7.31. The number of hydrogen-bond acceptors (Lipinski definition) is 7. The fourth-order valence-corrected chi connectivity index (χ4v) is 4.88. The highest BCUT2D eigenvalue weighted by molar-refractivity contribution is 6.03. The Morgan fingerprint density at radius 1 is 0.949 bits per heavy atom. The molecule has 0 saturated carbocycles. The van der Waals surface area contributed by atoms with E-state index in [0.717, 1.165) is 12.8 Å². The molecule has 4 heterocycles. The van der Waals surface area contributed by atoms with Gasteiger partial charge in [0.1, 0.15) is 5.82 Å². The fraction of sp³-hybridized carbons (Fsp3) is 0.385. The summed E-state index contributed by atoms with van der Waals surface area (Å²) in [6.07, 6.45) is -3.09. The predicted octanol–water partition coefficient (Wildman–Crippen LogP) is 4.52. The first-order valence-corrected chi connectivity index (χ1v) is 12.6. The number of hydrogen-bond donors (Lipinski definition) is 2. The Balaban J connectivity index is 1.25. The molecular weight excluding hydrogens is 517 g/mol. The number of oxazole rings is 1. The zero-order valence-corrected chi connectivity index (χ0v) is 20.9. The molecular formula is C26H27F3N6O4. The van der Waals surface area contributed by atoms with E-state index in [0.29, 0.717) is 51.0 Å². The minimum atomic E-state index is -4.88. The lowest BCUT2D eigenvalue weighted by Gasteiger charge is -2.33. The number of benzene rings is 1. The molecule has 0 aliphatic carbocycles. The molecule has 2 fully saturated rings. The number of aromatic nitrogens is 2. The van der Waals surface area contributed by atoms with Crippen LogP contribution in [0.25, 0.3) is 0 Å². The van der Waals surface area contributed by atoms with Gasteiger partial charge in [-0.05, 0) is 36.5 Å². The summed E-state index contributed by atoms with van der Waals surface area (Å²) >= 11 is 0. The van der Waals surface area contributed by atoms with Gasteiger partial charge in [0.15, 0.2) is 5.69 Å². The number of carboxylic acid groups (broad SMARTS) is 1. The summed E-state index contributed by atoms with van der Waals surface area (Å²) in [6.45, 7) is 2.45. The first kappa shape index (κ1) is 26.3. The maximum atomic E-state index is 13.8. The number of rotatable bonds is 5. The smallest absolute Gasteiger partial charge is 0.437 e. The lowest BCUT2D eigenvalue weighted by atomic mass is 9.90. The Hall–Kier alpha value is -4.29. The molecule has 0 unspecified atom stereocenters. The van der Waals surface area contributed by atoms with Gasteiger partial charge >= 0.3 is 12.3 Å². The van der Waals surface area contributed by atoms with Crippen LogP contribution in [0.4, 0.5) is 35.5 Å². The molecule has 39 heavy (non-hydrogen) atoms. The second-order valence-corrected chi connectivity index (χ2v) is 9.46. The molecule has 206 valence electrons. The number of anilines is 3. The largest absolute Gasteiger partial charge is 0.465 e. The van der Waals surface area contributed by atoms with Crippen molar-refractivity contribution in [2.75, 3.05) is 54.4 Å². The number of carbonyl (C=O) groups is 2. The number of piperazine rings is 1. The van der Waals surface area contributed by atoms with Crippen LogP contribution in [0.15, 0.2) is 53.1 Å². The number of amides is 2. The van der Waals surface area contributed by atoms with Gasteiger partial charge in [0.25, 0.3) is 11.9 Å². The van der Waals surface area contributed by atoms with Crippen molar-refractivity contribution in [3.63, 3.8) is 0 Å². The van der Waals surface area contributed by atoms with Gasteiger partial charge < -0.3 is 29.5 Å². The van der Waals surface area contributed by atoms with Crippen molar-refractivity contribution in [3.8, 4) is 0 Å². The number of nitrogens with zero attached hydrogens (tertiary/aromatic N) is 5. The van der Waals surface area contributed by atoms with E-state index in [1.165, 1.54) is 22.7 Å². The van der Waals surface area contributed by atoms with E-state index < -0.39 is 29.6 Å². The van der Waals surface area contributed by atoms with Crippen molar-refractivity contribution in [3.05, 3.63) is 65.7 Å². The van der Waals surface area contributed by atoms with Crippen molar-refractivity contribution in [2.45, 2.75) is 24.9 Å². The van der Waals surface area contributed by atoms with Gasteiger partial charge in [-0.15, -0.1) is 0 Å². The first-order valence-electron chi connectivity index (χ1n) is 12.6. The number of pyridine rings is 1. The van der Waals surface area contributed by atoms with Gasteiger partial charge in [-0.2, -0.15) is 18.2 Å². The highest BCUT2D eigenvalue weighted by Gasteiger charge is 2.42. The van der Waals surface area contributed by atoms with Crippen LogP contribution < -0.4 is 15.1 Å². The summed E-state index contributed by atoms with van der Waals surface area (Å²) in [5.41, 5.74) is -0.00788. The molecule has 2 amide bonds. The van der Waals surface area contributed by atoms with Crippen LogP contribution >= 0.6 is 0 Å². The molecule has 0 radical (unpaired) electrons. The van der Waals surface area contributed by atoms with E-state index in [2.05, 4.69) is 15.3 Å². The Labute approximate surface area is 222 Å². The molecule has 5 rings (SSSR count). The van der Waals surface area contributed by atoms with Crippen LogP contribution in [-0.2, 0) is 6.18 Å². The summed E-state index contributed by atoms with van der Waals surface area (Å²) in [5, 5.41) is 11.5. The zero-order valence-electron chi connectivity index (χ0n) is 20.9. The summed E-state index contributed by atoms with van der Waals surface area (Å²) in [4.78, 5) is 36.7. The minimum Gasteiger partial charge on any atom is -0.465 e. The summed E-state index contributed by atoms with van der Waals surface area (Å²) in [5.74, 6) is -1.13. The predicted molar refractivity (Wildman–Crippen MR) is 136 cm³/mol. The van der Waals surface area contributed by atoms with Crippen LogP contribution in [0.5, 0.6) is 0 Å². The van der Waals surface area contributed by atoms with Crippen molar-refractivity contribution in [1.82, 2.24) is 14.9 Å². The maximum absolute atomic E-state index is 13.8. The van der Waals surface area contributed by atoms with Crippen LogP contribution in [0.3, 0.4) is 0 Å². The third-order valence-corrected chi connectivity index (χ3v) is 7.01. The summed E-state index contributed by atoms with van der Waals surface area (Å²) in [7, 11) is 0. The molecule has 2 aromatic heterocycles. The number of carbonyl (C=O) groups excluding carboxylic acids is 1. The molecule has 2 aliphatic heterocycles.